The molecule has 0 fully saturated rings. The van der Waals surface area contributed by atoms with E-state index in [0.29, 0.717) is 6.42 Å². The smallest absolute Gasteiger partial charge is 0.366 e. The van der Waals surface area contributed by atoms with Crippen LogP contribution in [0.2, 0.25) is 0 Å². The Bertz CT molecular complexity index is 229. The van der Waals surface area contributed by atoms with Gasteiger partial charge in [0.15, 0.2) is 0 Å². The van der Waals surface area contributed by atoms with Crippen molar-refractivity contribution in [3.63, 3.8) is 0 Å². The maximum atomic E-state index is 12.0. The molecule has 0 amide bonds. The Morgan fingerprint density at radius 2 is 2.23 bits per heavy atom. The van der Waals surface area contributed by atoms with Crippen molar-refractivity contribution in [3.05, 3.63) is 36.7 Å². The van der Waals surface area contributed by atoms with E-state index in [1.807, 2.05) is 31.2 Å². The van der Waals surface area contributed by atoms with E-state index in [-0.39, 0.29) is 6.61 Å². The van der Waals surface area contributed by atoms with Gasteiger partial charge in [-0.05, 0) is 13.3 Å². The van der Waals surface area contributed by atoms with Crippen LogP contribution in [0, 0.1) is 0 Å². The Morgan fingerprint density at radius 1 is 1.54 bits per heavy atom. The molecular weight excluding hydrogens is 171 g/mol. The fraction of sp³-hybridized carbons (Fsp3) is 0.300. The number of esters is 1. The normalized spacial score (nSPS) is 10.9. The highest BCUT2D eigenvalue weighted by molar-refractivity contribution is 5.85. The Hall–Kier alpha value is -1.38. The molecule has 0 atom stereocenters. The largest absolute Gasteiger partial charge is 0.460 e. The summed E-state index contributed by atoms with van der Waals surface area (Å²) in [5, 5.41) is 0. The molecule has 0 bridgehead atoms. The maximum Gasteiger partial charge on any atom is 0.366 e. The van der Waals surface area contributed by atoms with E-state index in [1.165, 1.54) is 0 Å². The Kier molecular flexibility index (Phi) is 6.51. The van der Waals surface area contributed by atoms with Crippen molar-refractivity contribution in [2.75, 3.05) is 6.61 Å². The SMILES string of the molecule is C=C(F)C(=O)OCC/C=C/C=C/C. The van der Waals surface area contributed by atoms with Crippen LogP contribution in [0.15, 0.2) is 36.7 Å². The van der Waals surface area contributed by atoms with Gasteiger partial charge in [0, 0.05) is 0 Å². The molecule has 0 rings (SSSR count). The van der Waals surface area contributed by atoms with Gasteiger partial charge in [0.2, 0.25) is 5.83 Å². The van der Waals surface area contributed by atoms with E-state index in [0.717, 1.165) is 0 Å². The summed E-state index contributed by atoms with van der Waals surface area (Å²) in [6, 6.07) is 0. The zero-order valence-electron chi connectivity index (χ0n) is 7.63. The molecule has 0 aliphatic rings. The predicted molar refractivity (Wildman–Crippen MR) is 49.8 cm³/mol. The van der Waals surface area contributed by atoms with Crippen LogP contribution in [-0.2, 0) is 9.53 Å². The lowest BCUT2D eigenvalue weighted by Gasteiger charge is -1.98. The number of allylic oxidation sites excluding steroid dienone is 3. The lowest BCUT2D eigenvalue weighted by Crippen LogP contribution is -2.04. The molecular formula is C10H13FO2. The number of carbonyl (C=O) groups is 1. The number of halogens is 1. The predicted octanol–water partition coefficient (Wildman–Crippen LogP) is 2.54. The van der Waals surface area contributed by atoms with Gasteiger partial charge >= 0.3 is 5.97 Å². The van der Waals surface area contributed by atoms with Crippen LogP contribution in [0.25, 0.3) is 0 Å². The lowest BCUT2D eigenvalue weighted by atomic mass is 10.4. The van der Waals surface area contributed by atoms with Gasteiger partial charge in [-0.3, -0.25) is 0 Å². The van der Waals surface area contributed by atoms with Crippen molar-refractivity contribution in [3.8, 4) is 0 Å². The van der Waals surface area contributed by atoms with Crippen LogP contribution in [-0.4, -0.2) is 12.6 Å². The van der Waals surface area contributed by atoms with E-state index in [9.17, 15) is 9.18 Å². The Labute approximate surface area is 77.4 Å². The molecule has 2 nitrogen and oxygen atoms in total. The van der Waals surface area contributed by atoms with Gasteiger partial charge in [-0.25, -0.2) is 4.79 Å². The molecule has 0 unspecified atom stereocenters. The van der Waals surface area contributed by atoms with Crippen molar-refractivity contribution in [1.82, 2.24) is 0 Å². The Morgan fingerprint density at radius 3 is 2.77 bits per heavy atom. The fourth-order valence-corrected chi connectivity index (χ4v) is 0.584. The summed E-state index contributed by atoms with van der Waals surface area (Å²) < 4.78 is 16.5. The van der Waals surface area contributed by atoms with Gasteiger partial charge in [0.1, 0.15) is 0 Å². The highest BCUT2D eigenvalue weighted by Gasteiger charge is 2.04. The first-order chi connectivity index (χ1) is 6.18. The topological polar surface area (TPSA) is 26.3 Å². The fourth-order valence-electron chi connectivity index (χ4n) is 0.584. The molecule has 0 aliphatic carbocycles. The van der Waals surface area contributed by atoms with E-state index in [2.05, 4.69) is 11.3 Å². The molecule has 0 aromatic rings. The van der Waals surface area contributed by atoms with Gasteiger partial charge in [0.25, 0.3) is 0 Å². The van der Waals surface area contributed by atoms with E-state index in [1.54, 1.807) is 0 Å². The average Bonchev–Trinajstić information content (AvgIpc) is 2.10. The molecule has 0 aliphatic heterocycles. The molecule has 0 radical (unpaired) electrons. The molecule has 13 heavy (non-hydrogen) atoms. The minimum atomic E-state index is -1.06. The summed E-state index contributed by atoms with van der Waals surface area (Å²) in [6.07, 6.45) is 7.97. The molecule has 3 heteroatoms. The molecule has 72 valence electrons. The third-order valence-corrected chi connectivity index (χ3v) is 1.18. The zero-order valence-corrected chi connectivity index (χ0v) is 7.63. The van der Waals surface area contributed by atoms with Crippen molar-refractivity contribution in [2.24, 2.45) is 0 Å². The molecule has 0 aromatic carbocycles. The molecule has 0 heterocycles. The first kappa shape index (κ1) is 11.6. The summed E-state index contributed by atoms with van der Waals surface area (Å²) in [5.74, 6) is -2.04. The van der Waals surface area contributed by atoms with Crippen LogP contribution in [0.5, 0.6) is 0 Å². The maximum absolute atomic E-state index is 12.0. The number of hydrogen-bond acceptors (Lipinski definition) is 2. The molecule has 0 aromatic heterocycles. The molecule has 0 saturated carbocycles. The number of hydrogen-bond donors (Lipinski definition) is 0. The van der Waals surface area contributed by atoms with E-state index in [4.69, 9.17) is 0 Å². The second-order valence-corrected chi connectivity index (χ2v) is 2.28. The molecule has 0 saturated heterocycles. The van der Waals surface area contributed by atoms with Crippen LogP contribution in [0.3, 0.4) is 0 Å². The number of carbonyl (C=O) groups excluding carboxylic acids is 1. The van der Waals surface area contributed by atoms with Crippen molar-refractivity contribution in [2.45, 2.75) is 13.3 Å². The van der Waals surface area contributed by atoms with Crippen LogP contribution in [0.1, 0.15) is 13.3 Å². The third kappa shape index (κ3) is 7.00. The van der Waals surface area contributed by atoms with Crippen LogP contribution in [0.4, 0.5) is 4.39 Å². The van der Waals surface area contributed by atoms with E-state index < -0.39 is 11.8 Å². The van der Waals surface area contributed by atoms with Crippen molar-refractivity contribution >= 4 is 5.97 Å². The highest BCUT2D eigenvalue weighted by Crippen LogP contribution is 1.96. The quantitative estimate of drug-likeness (QED) is 0.284. The first-order valence-corrected chi connectivity index (χ1v) is 3.98. The monoisotopic (exact) mass is 184 g/mol. The third-order valence-electron chi connectivity index (χ3n) is 1.18. The van der Waals surface area contributed by atoms with Gasteiger partial charge in [0.05, 0.1) is 6.61 Å². The summed E-state index contributed by atoms with van der Waals surface area (Å²) in [5.41, 5.74) is 0. The zero-order chi connectivity index (χ0) is 10.1. The second-order valence-electron chi connectivity index (χ2n) is 2.28. The lowest BCUT2D eigenvalue weighted by molar-refractivity contribution is -0.140. The van der Waals surface area contributed by atoms with Crippen LogP contribution < -0.4 is 0 Å². The summed E-state index contributed by atoms with van der Waals surface area (Å²) in [7, 11) is 0. The summed E-state index contributed by atoms with van der Waals surface area (Å²) in [6.45, 7) is 4.89. The average molecular weight is 184 g/mol. The van der Waals surface area contributed by atoms with Crippen molar-refractivity contribution in [1.29, 1.82) is 0 Å². The first-order valence-electron chi connectivity index (χ1n) is 3.98. The van der Waals surface area contributed by atoms with Gasteiger partial charge in [-0.1, -0.05) is 30.9 Å². The van der Waals surface area contributed by atoms with Gasteiger partial charge in [-0.2, -0.15) is 4.39 Å². The summed E-state index contributed by atoms with van der Waals surface area (Å²) >= 11 is 0. The molecule has 0 spiro atoms. The van der Waals surface area contributed by atoms with Crippen LogP contribution >= 0.6 is 0 Å². The molecule has 0 N–H and O–H groups in total. The standard InChI is InChI=1S/C10H13FO2/c1-3-4-5-6-7-8-13-10(12)9(2)11/h3-6H,2,7-8H2,1H3/b4-3+,6-5+. The Balaban J connectivity index is 3.46. The highest BCUT2D eigenvalue weighted by atomic mass is 19.1. The number of ether oxygens (including phenoxy) is 1. The van der Waals surface area contributed by atoms with Gasteiger partial charge < -0.3 is 4.74 Å². The van der Waals surface area contributed by atoms with Crippen molar-refractivity contribution < 1.29 is 13.9 Å². The van der Waals surface area contributed by atoms with Gasteiger partial charge in [-0.15, -0.1) is 0 Å². The van der Waals surface area contributed by atoms with E-state index >= 15 is 0 Å². The minimum absolute atomic E-state index is 0.176. The number of rotatable bonds is 5. The second kappa shape index (κ2) is 7.28. The summed E-state index contributed by atoms with van der Waals surface area (Å²) in [4.78, 5) is 10.5. The minimum Gasteiger partial charge on any atom is -0.460 e.